The van der Waals surface area contributed by atoms with E-state index in [1.807, 2.05) is 0 Å². The number of aromatic carboxylic acids is 1. The van der Waals surface area contributed by atoms with E-state index in [9.17, 15) is 23.1 Å². The lowest BCUT2D eigenvalue weighted by molar-refractivity contribution is -0.126. The molecule has 0 unspecified atom stereocenters. The first-order chi connectivity index (χ1) is 17.3. The second kappa shape index (κ2) is 10.0. The van der Waals surface area contributed by atoms with Crippen LogP contribution in [0.1, 0.15) is 59.5 Å². The fraction of sp³-hybridized carbons (Fsp3) is 0.423. The fourth-order valence-electron chi connectivity index (χ4n) is 5.22. The van der Waals surface area contributed by atoms with Gasteiger partial charge >= 0.3 is 5.97 Å². The van der Waals surface area contributed by atoms with Crippen LogP contribution in [-0.4, -0.2) is 47.8 Å². The van der Waals surface area contributed by atoms with Crippen molar-refractivity contribution in [1.82, 2.24) is 14.6 Å². The van der Waals surface area contributed by atoms with E-state index >= 15 is 0 Å². The van der Waals surface area contributed by atoms with Crippen LogP contribution in [0.15, 0.2) is 45.9 Å². The summed E-state index contributed by atoms with van der Waals surface area (Å²) >= 11 is 0. The number of sulfonamides is 1. The summed E-state index contributed by atoms with van der Waals surface area (Å²) in [5.41, 5.74) is 2.20. The number of aryl methyl sites for hydroxylation is 1. The molecule has 10 heteroatoms. The molecule has 3 heterocycles. The molecule has 9 nitrogen and oxygen atoms in total. The van der Waals surface area contributed by atoms with Gasteiger partial charge in [-0.05, 0) is 74.4 Å². The topological polar surface area (TPSA) is 130 Å². The zero-order chi connectivity index (χ0) is 25.3. The highest BCUT2D eigenvalue weighted by Crippen LogP contribution is 2.32. The number of aromatic nitrogens is 1. The van der Waals surface area contributed by atoms with E-state index in [4.69, 9.17) is 9.40 Å². The first-order valence-electron chi connectivity index (χ1n) is 12.3. The van der Waals surface area contributed by atoms with Gasteiger partial charge in [-0.2, -0.15) is 4.31 Å². The molecular formula is C26H29N3O6S. The van der Waals surface area contributed by atoms with Crippen LogP contribution in [-0.2, 0) is 34.2 Å². The van der Waals surface area contributed by atoms with E-state index in [-0.39, 0.29) is 35.4 Å². The maximum absolute atomic E-state index is 13.5. The van der Waals surface area contributed by atoms with Crippen LogP contribution in [0, 0.1) is 5.92 Å². The Labute approximate surface area is 209 Å². The van der Waals surface area contributed by atoms with Gasteiger partial charge in [-0.15, -0.1) is 0 Å². The van der Waals surface area contributed by atoms with Crippen molar-refractivity contribution in [1.29, 1.82) is 0 Å². The first-order valence-corrected chi connectivity index (χ1v) is 13.8. The molecule has 0 atom stereocenters. The van der Waals surface area contributed by atoms with E-state index in [0.717, 1.165) is 36.9 Å². The Morgan fingerprint density at radius 3 is 2.61 bits per heavy atom. The molecule has 1 aliphatic heterocycles. The third-order valence-corrected chi connectivity index (χ3v) is 9.07. The average molecular weight is 512 g/mol. The van der Waals surface area contributed by atoms with Crippen LogP contribution in [0.5, 0.6) is 0 Å². The van der Waals surface area contributed by atoms with Crippen molar-refractivity contribution in [2.24, 2.45) is 5.92 Å². The zero-order valence-electron chi connectivity index (χ0n) is 19.9. The van der Waals surface area contributed by atoms with Crippen molar-refractivity contribution in [3.63, 3.8) is 0 Å². The van der Waals surface area contributed by atoms with Gasteiger partial charge in [-0.25, -0.2) is 13.2 Å². The molecule has 0 bridgehead atoms. The number of amides is 1. The summed E-state index contributed by atoms with van der Waals surface area (Å²) in [6.45, 7) is 0.728. The third kappa shape index (κ3) is 4.75. The molecule has 2 aliphatic rings. The SMILES string of the molecule is O=C(O)c1c2c(nc3ccc(S(=O)(=O)N4CCC(C(=O)NCc5ccco5)CC4)cc13)CCCCC2. The van der Waals surface area contributed by atoms with Crippen LogP contribution in [0.3, 0.4) is 0 Å². The van der Waals surface area contributed by atoms with Gasteiger partial charge in [0, 0.05) is 30.1 Å². The van der Waals surface area contributed by atoms with Crippen LogP contribution < -0.4 is 5.32 Å². The summed E-state index contributed by atoms with van der Waals surface area (Å²) in [6.07, 6.45) is 6.60. The van der Waals surface area contributed by atoms with E-state index in [1.165, 1.54) is 16.4 Å². The molecule has 2 N–H and O–H groups in total. The maximum Gasteiger partial charge on any atom is 0.336 e. The largest absolute Gasteiger partial charge is 0.478 e. The van der Waals surface area contributed by atoms with Crippen molar-refractivity contribution in [2.75, 3.05) is 13.1 Å². The number of hydrogen-bond acceptors (Lipinski definition) is 6. The molecule has 190 valence electrons. The number of benzene rings is 1. The summed E-state index contributed by atoms with van der Waals surface area (Å²) < 4.78 is 33.5. The number of carbonyl (C=O) groups excluding carboxylic acids is 1. The highest BCUT2D eigenvalue weighted by molar-refractivity contribution is 7.89. The molecule has 1 aromatic carbocycles. The smallest absolute Gasteiger partial charge is 0.336 e. The van der Waals surface area contributed by atoms with Gasteiger partial charge in [0.1, 0.15) is 5.76 Å². The molecule has 0 spiro atoms. The molecule has 5 rings (SSSR count). The summed E-state index contributed by atoms with van der Waals surface area (Å²) in [6, 6.07) is 8.09. The van der Waals surface area contributed by atoms with Gasteiger partial charge < -0.3 is 14.8 Å². The number of hydrogen-bond donors (Lipinski definition) is 2. The molecule has 36 heavy (non-hydrogen) atoms. The number of carbonyl (C=O) groups is 2. The van der Waals surface area contributed by atoms with Crippen LogP contribution in [0.2, 0.25) is 0 Å². The van der Waals surface area contributed by atoms with Gasteiger partial charge in [0.2, 0.25) is 15.9 Å². The molecule has 1 saturated heterocycles. The summed E-state index contributed by atoms with van der Waals surface area (Å²) in [5.74, 6) is -0.795. The molecule has 0 saturated carbocycles. The monoisotopic (exact) mass is 511 g/mol. The van der Waals surface area contributed by atoms with Crippen molar-refractivity contribution >= 4 is 32.8 Å². The van der Waals surface area contributed by atoms with Gasteiger partial charge in [0.05, 0.1) is 28.8 Å². The highest BCUT2D eigenvalue weighted by atomic mass is 32.2. The van der Waals surface area contributed by atoms with E-state index < -0.39 is 16.0 Å². The fourth-order valence-corrected chi connectivity index (χ4v) is 6.72. The average Bonchev–Trinajstić information content (AvgIpc) is 3.29. The number of nitrogens with zero attached hydrogens (tertiary/aromatic N) is 2. The second-order valence-corrected chi connectivity index (χ2v) is 11.4. The van der Waals surface area contributed by atoms with E-state index in [1.54, 1.807) is 24.5 Å². The van der Waals surface area contributed by atoms with Crippen molar-refractivity contribution in [3.8, 4) is 0 Å². The summed E-state index contributed by atoms with van der Waals surface area (Å²) in [7, 11) is -3.86. The Morgan fingerprint density at radius 1 is 1.11 bits per heavy atom. The third-order valence-electron chi connectivity index (χ3n) is 7.18. The van der Waals surface area contributed by atoms with Crippen molar-refractivity contribution in [3.05, 3.63) is 59.2 Å². The van der Waals surface area contributed by atoms with Gasteiger partial charge in [0.25, 0.3) is 0 Å². The Hall–Kier alpha value is -3.24. The lowest BCUT2D eigenvalue weighted by Crippen LogP contribution is -2.42. The van der Waals surface area contributed by atoms with Gasteiger partial charge in [-0.1, -0.05) is 6.42 Å². The summed E-state index contributed by atoms with van der Waals surface area (Å²) in [5, 5.41) is 13.2. The highest BCUT2D eigenvalue weighted by Gasteiger charge is 2.33. The minimum Gasteiger partial charge on any atom is -0.478 e. The van der Waals surface area contributed by atoms with Gasteiger partial charge in [0.15, 0.2) is 0 Å². The number of fused-ring (bicyclic) bond motifs is 2. The molecule has 0 radical (unpaired) electrons. The quantitative estimate of drug-likeness (QED) is 0.484. The minimum absolute atomic E-state index is 0.0496. The molecule has 1 amide bonds. The number of rotatable bonds is 6. The maximum atomic E-state index is 13.5. The number of nitrogens with one attached hydrogen (secondary N) is 1. The Balaban J connectivity index is 1.35. The van der Waals surface area contributed by atoms with Crippen LogP contribution in [0.25, 0.3) is 10.9 Å². The lowest BCUT2D eigenvalue weighted by atomic mass is 9.97. The Morgan fingerprint density at radius 2 is 1.89 bits per heavy atom. The number of carboxylic acids is 1. The predicted octanol–water partition coefficient (Wildman–Crippen LogP) is 3.51. The molecule has 1 aliphatic carbocycles. The van der Waals surface area contributed by atoms with Crippen LogP contribution >= 0.6 is 0 Å². The Bertz CT molecular complexity index is 1390. The zero-order valence-corrected chi connectivity index (χ0v) is 20.7. The summed E-state index contributed by atoms with van der Waals surface area (Å²) in [4.78, 5) is 29.5. The molecule has 3 aromatic rings. The predicted molar refractivity (Wildman–Crippen MR) is 132 cm³/mol. The standard InChI is InChI=1S/C26H29N3O6S/c30-25(27-16-18-5-4-14-35-18)17-10-12-29(13-11-17)36(33,34)19-8-9-23-21(15-19)24(26(31)32)20-6-2-1-3-7-22(20)28-23/h4-5,8-9,14-15,17H,1-3,6-7,10-13,16H2,(H,27,30)(H,31,32). The lowest BCUT2D eigenvalue weighted by Gasteiger charge is -2.30. The van der Waals surface area contributed by atoms with Gasteiger partial charge in [-0.3, -0.25) is 9.78 Å². The number of furan rings is 1. The second-order valence-electron chi connectivity index (χ2n) is 9.43. The number of carboxylic acid groups (broad SMARTS) is 1. The van der Waals surface area contributed by atoms with E-state index in [2.05, 4.69) is 5.32 Å². The molecule has 2 aromatic heterocycles. The molecule has 1 fully saturated rings. The molecular weight excluding hydrogens is 482 g/mol. The van der Waals surface area contributed by atoms with E-state index in [0.29, 0.717) is 42.5 Å². The number of piperidine rings is 1. The van der Waals surface area contributed by atoms with Crippen molar-refractivity contribution < 1.29 is 27.5 Å². The minimum atomic E-state index is -3.86. The first kappa shape index (κ1) is 24.5. The number of pyridine rings is 1. The van der Waals surface area contributed by atoms with Crippen molar-refractivity contribution in [2.45, 2.75) is 56.4 Å². The Kier molecular flexibility index (Phi) is 6.81. The van der Waals surface area contributed by atoms with Crippen LogP contribution in [0.4, 0.5) is 0 Å². The normalized spacial score (nSPS) is 17.4.